The van der Waals surface area contributed by atoms with Crippen molar-refractivity contribution in [2.24, 2.45) is 5.92 Å². The number of amides is 1. The summed E-state index contributed by atoms with van der Waals surface area (Å²) in [4.78, 5) is 16.1. The number of H-pyrrole nitrogens is 1. The molecule has 1 aromatic heterocycles. The maximum Gasteiger partial charge on any atom is 0.223 e. The van der Waals surface area contributed by atoms with Gasteiger partial charge in [0.05, 0.1) is 7.11 Å². The van der Waals surface area contributed by atoms with Gasteiger partial charge in [-0.05, 0) is 55.9 Å². The summed E-state index contributed by atoms with van der Waals surface area (Å²) in [5.41, 5.74) is 3.74. The van der Waals surface area contributed by atoms with Crippen molar-refractivity contribution < 1.29 is 9.53 Å². The Morgan fingerprint density at radius 1 is 1.26 bits per heavy atom. The van der Waals surface area contributed by atoms with Crippen molar-refractivity contribution in [3.63, 3.8) is 0 Å². The molecule has 1 atom stereocenters. The van der Waals surface area contributed by atoms with Crippen LogP contribution in [0.2, 0.25) is 0 Å². The van der Waals surface area contributed by atoms with Crippen LogP contribution in [-0.4, -0.2) is 24.0 Å². The van der Waals surface area contributed by atoms with Crippen molar-refractivity contribution in [2.45, 2.75) is 51.0 Å². The minimum absolute atomic E-state index is 0.105. The molecule has 0 radical (unpaired) electrons. The first-order valence-electron chi connectivity index (χ1n) is 8.72. The van der Waals surface area contributed by atoms with Crippen LogP contribution in [0.15, 0.2) is 18.2 Å². The summed E-state index contributed by atoms with van der Waals surface area (Å²) >= 11 is 0. The van der Waals surface area contributed by atoms with E-state index < -0.39 is 0 Å². The van der Waals surface area contributed by atoms with Crippen LogP contribution in [-0.2, 0) is 17.6 Å². The molecule has 0 saturated heterocycles. The van der Waals surface area contributed by atoms with Crippen molar-refractivity contribution >= 4 is 16.8 Å². The molecule has 122 valence electrons. The van der Waals surface area contributed by atoms with Crippen molar-refractivity contribution in [2.75, 3.05) is 7.11 Å². The van der Waals surface area contributed by atoms with E-state index in [1.807, 2.05) is 6.07 Å². The molecule has 1 heterocycles. The van der Waals surface area contributed by atoms with Gasteiger partial charge in [0.1, 0.15) is 5.75 Å². The Bertz CT molecular complexity index is 728. The second-order valence-corrected chi connectivity index (χ2v) is 6.92. The van der Waals surface area contributed by atoms with Crippen molar-refractivity contribution in [1.29, 1.82) is 0 Å². The first-order valence-corrected chi connectivity index (χ1v) is 8.72. The summed E-state index contributed by atoms with van der Waals surface area (Å²) in [5, 5.41) is 4.47. The van der Waals surface area contributed by atoms with Gasteiger partial charge in [-0.1, -0.05) is 12.8 Å². The molecule has 4 heteroatoms. The van der Waals surface area contributed by atoms with Gasteiger partial charge in [0.15, 0.2) is 0 Å². The number of carbonyl (C=O) groups excluding carboxylic acids is 1. The topological polar surface area (TPSA) is 54.1 Å². The van der Waals surface area contributed by atoms with E-state index in [4.69, 9.17) is 4.74 Å². The van der Waals surface area contributed by atoms with E-state index in [2.05, 4.69) is 22.4 Å². The van der Waals surface area contributed by atoms with Crippen LogP contribution in [0, 0.1) is 5.92 Å². The fraction of sp³-hybridized carbons (Fsp3) is 0.526. The molecule has 4 nitrogen and oxygen atoms in total. The Kier molecular flexibility index (Phi) is 3.76. The van der Waals surface area contributed by atoms with Gasteiger partial charge in [-0.3, -0.25) is 4.79 Å². The number of hydrogen-bond donors (Lipinski definition) is 2. The molecule has 2 N–H and O–H groups in total. The molecule has 0 aliphatic heterocycles. The van der Waals surface area contributed by atoms with Crippen LogP contribution < -0.4 is 10.1 Å². The summed E-state index contributed by atoms with van der Waals surface area (Å²) < 4.78 is 5.35. The predicted octanol–water partition coefficient (Wildman–Crippen LogP) is 3.34. The van der Waals surface area contributed by atoms with E-state index in [1.54, 1.807) is 7.11 Å². The van der Waals surface area contributed by atoms with Crippen LogP contribution in [0.4, 0.5) is 0 Å². The molecule has 4 rings (SSSR count). The second-order valence-electron chi connectivity index (χ2n) is 6.92. The number of hydrogen-bond acceptors (Lipinski definition) is 2. The van der Waals surface area contributed by atoms with Crippen molar-refractivity contribution in [3.8, 4) is 5.75 Å². The maximum absolute atomic E-state index is 12.6. The number of benzene rings is 1. The number of ether oxygens (including phenoxy) is 1. The van der Waals surface area contributed by atoms with Crippen LogP contribution in [0.25, 0.3) is 10.9 Å². The first-order chi connectivity index (χ1) is 11.2. The van der Waals surface area contributed by atoms with Crippen LogP contribution in [0.3, 0.4) is 0 Å². The summed E-state index contributed by atoms with van der Waals surface area (Å²) in [6.45, 7) is 0. The van der Waals surface area contributed by atoms with Gasteiger partial charge in [-0.15, -0.1) is 0 Å². The Hall–Kier alpha value is -1.97. The van der Waals surface area contributed by atoms with E-state index in [-0.39, 0.29) is 11.8 Å². The van der Waals surface area contributed by atoms with Crippen molar-refractivity contribution in [3.05, 3.63) is 29.5 Å². The van der Waals surface area contributed by atoms with Gasteiger partial charge in [0.25, 0.3) is 0 Å². The molecule has 1 amide bonds. The number of aryl methyl sites for hydroxylation is 1. The highest BCUT2D eigenvalue weighted by atomic mass is 16.5. The van der Waals surface area contributed by atoms with Gasteiger partial charge in [0, 0.05) is 28.6 Å². The Balaban J connectivity index is 1.56. The number of methoxy groups -OCH3 is 1. The summed E-state index contributed by atoms with van der Waals surface area (Å²) in [5.74, 6) is 1.23. The van der Waals surface area contributed by atoms with E-state index in [0.29, 0.717) is 6.04 Å². The van der Waals surface area contributed by atoms with Crippen LogP contribution >= 0.6 is 0 Å². The van der Waals surface area contributed by atoms with E-state index in [1.165, 1.54) is 29.5 Å². The number of aromatic nitrogens is 1. The fourth-order valence-electron chi connectivity index (χ4n) is 4.14. The lowest BCUT2D eigenvalue weighted by molar-refractivity contribution is -0.126. The highest BCUT2D eigenvalue weighted by Gasteiger charge is 2.29. The molecule has 1 unspecified atom stereocenters. The predicted molar refractivity (Wildman–Crippen MR) is 90.8 cm³/mol. The first kappa shape index (κ1) is 14.6. The molecule has 2 aliphatic rings. The fourth-order valence-corrected chi connectivity index (χ4v) is 4.14. The largest absolute Gasteiger partial charge is 0.497 e. The highest BCUT2D eigenvalue weighted by Crippen LogP contribution is 2.34. The number of nitrogens with one attached hydrogen (secondary N) is 2. The molecule has 1 fully saturated rings. The third kappa shape index (κ3) is 2.71. The molecular formula is C19H24N2O2. The zero-order chi connectivity index (χ0) is 15.8. The Labute approximate surface area is 136 Å². The summed E-state index contributed by atoms with van der Waals surface area (Å²) in [7, 11) is 1.69. The minimum Gasteiger partial charge on any atom is -0.497 e. The lowest BCUT2D eigenvalue weighted by Gasteiger charge is -2.23. The average molecular weight is 312 g/mol. The smallest absolute Gasteiger partial charge is 0.223 e. The SMILES string of the molecule is COc1ccc2[nH]c3c(c2c1)CC(C(=O)NC1CCCC1)CC3. The monoisotopic (exact) mass is 312 g/mol. The van der Waals surface area contributed by atoms with E-state index in [0.717, 1.165) is 43.4 Å². The summed E-state index contributed by atoms with van der Waals surface area (Å²) in [6, 6.07) is 6.54. The van der Waals surface area contributed by atoms with E-state index in [9.17, 15) is 4.79 Å². The third-order valence-electron chi connectivity index (χ3n) is 5.47. The molecule has 1 saturated carbocycles. The molecule has 0 bridgehead atoms. The highest BCUT2D eigenvalue weighted by molar-refractivity contribution is 5.88. The van der Waals surface area contributed by atoms with Crippen LogP contribution in [0.1, 0.15) is 43.4 Å². The molecule has 23 heavy (non-hydrogen) atoms. The molecule has 2 aromatic rings. The Morgan fingerprint density at radius 3 is 2.87 bits per heavy atom. The third-order valence-corrected chi connectivity index (χ3v) is 5.47. The molecule has 0 spiro atoms. The number of aromatic amines is 1. The summed E-state index contributed by atoms with van der Waals surface area (Å²) in [6.07, 6.45) is 7.53. The van der Waals surface area contributed by atoms with Gasteiger partial charge in [-0.2, -0.15) is 0 Å². The second kappa shape index (κ2) is 5.91. The zero-order valence-electron chi connectivity index (χ0n) is 13.7. The van der Waals surface area contributed by atoms with Crippen molar-refractivity contribution in [1.82, 2.24) is 10.3 Å². The van der Waals surface area contributed by atoms with E-state index >= 15 is 0 Å². The lowest BCUT2D eigenvalue weighted by Crippen LogP contribution is -2.39. The zero-order valence-corrected chi connectivity index (χ0v) is 13.7. The van der Waals surface area contributed by atoms with Crippen LogP contribution in [0.5, 0.6) is 5.75 Å². The normalized spacial score (nSPS) is 21.3. The van der Waals surface area contributed by atoms with Gasteiger partial charge in [-0.25, -0.2) is 0 Å². The maximum atomic E-state index is 12.6. The standard InChI is InChI=1S/C19H24N2O2/c1-23-14-7-9-18-16(11-14)15-10-12(6-8-17(15)21-18)19(22)20-13-4-2-3-5-13/h7,9,11-13,21H,2-6,8,10H2,1H3,(H,20,22). The molecule has 2 aliphatic carbocycles. The average Bonchev–Trinajstić information content (AvgIpc) is 3.20. The Morgan fingerprint density at radius 2 is 2.09 bits per heavy atom. The van der Waals surface area contributed by atoms with Gasteiger partial charge in [0.2, 0.25) is 5.91 Å². The number of fused-ring (bicyclic) bond motifs is 3. The number of carbonyl (C=O) groups is 1. The van der Waals surface area contributed by atoms with Gasteiger partial charge >= 0.3 is 0 Å². The quantitative estimate of drug-likeness (QED) is 0.913. The minimum atomic E-state index is 0.105. The lowest BCUT2D eigenvalue weighted by atomic mass is 9.85. The van der Waals surface area contributed by atoms with Gasteiger partial charge < -0.3 is 15.0 Å². The molecular weight excluding hydrogens is 288 g/mol. The number of rotatable bonds is 3. The molecule has 1 aromatic carbocycles.